The maximum absolute atomic E-state index is 11.9. The van der Waals surface area contributed by atoms with Crippen LogP contribution < -0.4 is 14.8 Å². The molecular weight excluding hydrogens is 263 g/mol. The maximum atomic E-state index is 11.9. The highest BCUT2D eigenvalue weighted by atomic mass is 19.4. The van der Waals surface area contributed by atoms with Gasteiger partial charge in [0.1, 0.15) is 13.2 Å². The van der Waals surface area contributed by atoms with Crippen LogP contribution in [0.3, 0.4) is 0 Å². The van der Waals surface area contributed by atoms with Gasteiger partial charge in [-0.15, -0.1) is 0 Å². The first-order valence-corrected chi connectivity index (χ1v) is 5.66. The Hall–Kier alpha value is -1.76. The lowest BCUT2D eigenvalue weighted by atomic mass is 10.1. The highest BCUT2D eigenvalue weighted by Gasteiger charge is 2.26. The molecule has 0 aromatic heterocycles. The number of ketones is 1. The van der Waals surface area contributed by atoms with Gasteiger partial charge in [-0.1, -0.05) is 0 Å². The van der Waals surface area contributed by atoms with Crippen LogP contribution in [0.1, 0.15) is 10.4 Å². The van der Waals surface area contributed by atoms with Gasteiger partial charge >= 0.3 is 6.18 Å². The number of hydrogen-bond donors (Lipinski definition) is 1. The smallest absolute Gasteiger partial charge is 0.401 e. The summed E-state index contributed by atoms with van der Waals surface area (Å²) >= 11 is 0. The van der Waals surface area contributed by atoms with E-state index in [2.05, 4.69) is 5.32 Å². The molecule has 0 saturated carbocycles. The second-order valence-electron chi connectivity index (χ2n) is 4.00. The van der Waals surface area contributed by atoms with Crippen LogP contribution in [0.4, 0.5) is 13.2 Å². The minimum atomic E-state index is -4.33. The molecule has 1 N–H and O–H groups in total. The zero-order valence-corrected chi connectivity index (χ0v) is 9.92. The van der Waals surface area contributed by atoms with Gasteiger partial charge in [-0.05, 0) is 18.2 Å². The normalized spacial score (nSPS) is 14.3. The van der Waals surface area contributed by atoms with E-state index >= 15 is 0 Å². The van der Waals surface area contributed by atoms with Crippen LogP contribution in [0.25, 0.3) is 0 Å². The molecule has 19 heavy (non-hydrogen) atoms. The van der Waals surface area contributed by atoms with E-state index in [1.807, 2.05) is 0 Å². The number of benzene rings is 1. The molecular formula is C12H12F3NO3. The molecule has 7 heteroatoms. The molecule has 2 rings (SSSR count). The average Bonchev–Trinajstić information content (AvgIpc) is 2.36. The van der Waals surface area contributed by atoms with E-state index in [0.717, 1.165) is 0 Å². The van der Waals surface area contributed by atoms with Crippen LogP contribution in [0, 0.1) is 0 Å². The van der Waals surface area contributed by atoms with Crippen molar-refractivity contribution < 1.29 is 27.4 Å². The maximum Gasteiger partial charge on any atom is 0.401 e. The van der Waals surface area contributed by atoms with E-state index in [1.165, 1.54) is 12.1 Å². The predicted molar refractivity (Wildman–Crippen MR) is 60.7 cm³/mol. The first kappa shape index (κ1) is 13.7. The minimum Gasteiger partial charge on any atom is -0.486 e. The lowest BCUT2D eigenvalue weighted by Crippen LogP contribution is -2.32. The van der Waals surface area contributed by atoms with Gasteiger partial charge in [0.05, 0.1) is 13.1 Å². The van der Waals surface area contributed by atoms with Gasteiger partial charge in [0, 0.05) is 5.56 Å². The highest BCUT2D eigenvalue weighted by molar-refractivity contribution is 5.98. The van der Waals surface area contributed by atoms with E-state index in [1.54, 1.807) is 6.07 Å². The number of fused-ring (bicyclic) bond motifs is 1. The molecule has 1 heterocycles. The van der Waals surface area contributed by atoms with E-state index in [-0.39, 0.29) is 6.54 Å². The number of alkyl halides is 3. The molecule has 1 aliphatic rings. The summed E-state index contributed by atoms with van der Waals surface area (Å²) in [4.78, 5) is 11.7. The quantitative estimate of drug-likeness (QED) is 0.851. The van der Waals surface area contributed by atoms with E-state index < -0.39 is 18.5 Å². The summed E-state index contributed by atoms with van der Waals surface area (Å²) in [5.41, 5.74) is 0.291. The van der Waals surface area contributed by atoms with Crippen molar-refractivity contribution in [3.8, 4) is 11.5 Å². The largest absolute Gasteiger partial charge is 0.486 e. The van der Waals surface area contributed by atoms with Gasteiger partial charge < -0.3 is 14.8 Å². The van der Waals surface area contributed by atoms with Crippen molar-refractivity contribution in [2.45, 2.75) is 6.18 Å². The predicted octanol–water partition coefficient (Wildman–Crippen LogP) is 1.79. The van der Waals surface area contributed by atoms with Gasteiger partial charge in [-0.2, -0.15) is 13.2 Å². The van der Waals surface area contributed by atoms with Gasteiger partial charge in [0.15, 0.2) is 17.3 Å². The Morgan fingerprint density at radius 3 is 2.58 bits per heavy atom. The van der Waals surface area contributed by atoms with E-state index in [9.17, 15) is 18.0 Å². The standard InChI is InChI=1S/C12H12F3NO3/c13-12(14,15)7-16-6-9(17)8-1-2-10-11(5-8)19-4-3-18-10/h1-2,5,16H,3-4,6-7H2. The van der Waals surface area contributed by atoms with Crippen molar-refractivity contribution in [3.05, 3.63) is 23.8 Å². The summed E-state index contributed by atoms with van der Waals surface area (Å²) in [5.74, 6) is 0.542. The zero-order valence-electron chi connectivity index (χ0n) is 9.92. The number of carbonyl (C=O) groups excluding carboxylic acids is 1. The third-order valence-electron chi connectivity index (χ3n) is 2.48. The summed E-state index contributed by atoms with van der Waals surface area (Å²) < 4.78 is 46.3. The summed E-state index contributed by atoms with van der Waals surface area (Å²) in [6.45, 7) is -0.743. The molecule has 0 spiro atoms. The molecule has 0 atom stereocenters. The molecule has 0 amide bonds. The molecule has 104 valence electrons. The lowest BCUT2D eigenvalue weighted by Gasteiger charge is -2.18. The second-order valence-corrected chi connectivity index (χ2v) is 4.00. The number of hydrogen-bond acceptors (Lipinski definition) is 4. The number of rotatable bonds is 4. The SMILES string of the molecule is O=C(CNCC(F)(F)F)c1ccc2c(c1)OCCO2. The average molecular weight is 275 g/mol. The van der Waals surface area contributed by atoms with Crippen LogP contribution in [-0.2, 0) is 0 Å². The molecule has 4 nitrogen and oxygen atoms in total. The van der Waals surface area contributed by atoms with Crippen molar-refractivity contribution in [2.24, 2.45) is 0 Å². The Balaban J connectivity index is 1.96. The number of Topliss-reactive ketones (excluding diaryl/α,β-unsaturated/α-hetero) is 1. The van der Waals surface area contributed by atoms with Gasteiger partial charge in [0.25, 0.3) is 0 Å². The lowest BCUT2D eigenvalue weighted by molar-refractivity contribution is -0.124. The van der Waals surface area contributed by atoms with Gasteiger partial charge in [0.2, 0.25) is 0 Å². The third kappa shape index (κ3) is 3.85. The fourth-order valence-electron chi connectivity index (χ4n) is 1.64. The van der Waals surface area contributed by atoms with Crippen molar-refractivity contribution >= 4 is 5.78 Å². The van der Waals surface area contributed by atoms with E-state index in [0.29, 0.717) is 30.3 Å². The summed E-state index contributed by atoms with van der Waals surface area (Å²) in [6.07, 6.45) is -4.33. The van der Waals surface area contributed by atoms with Crippen LogP contribution in [0.15, 0.2) is 18.2 Å². The zero-order chi connectivity index (χ0) is 13.9. The Kier molecular flexibility index (Phi) is 3.94. The van der Waals surface area contributed by atoms with Crippen LogP contribution in [0.5, 0.6) is 11.5 Å². The first-order valence-electron chi connectivity index (χ1n) is 5.66. The number of ether oxygens (including phenoxy) is 2. The fourth-order valence-corrected chi connectivity index (χ4v) is 1.64. The summed E-state index contributed by atoms with van der Waals surface area (Å²) in [7, 11) is 0. The molecule has 0 unspecified atom stereocenters. The fraction of sp³-hybridized carbons (Fsp3) is 0.417. The van der Waals surface area contributed by atoms with Gasteiger partial charge in [-0.25, -0.2) is 0 Å². The Labute approximate surface area is 107 Å². The van der Waals surface area contributed by atoms with Crippen molar-refractivity contribution in [2.75, 3.05) is 26.3 Å². The second kappa shape index (κ2) is 5.48. The van der Waals surface area contributed by atoms with Crippen LogP contribution >= 0.6 is 0 Å². The molecule has 0 fully saturated rings. The monoisotopic (exact) mass is 275 g/mol. The Morgan fingerprint density at radius 1 is 1.21 bits per heavy atom. The van der Waals surface area contributed by atoms with Crippen molar-refractivity contribution in [3.63, 3.8) is 0 Å². The van der Waals surface area contributed by atoms with E-state index in [4.69, 9.17) is 9.47 Å². The third-order valence-corrected chi connectivity index (χ3v) is 2.48. The molecule has 0 radical (unpaired) electrons. The Bertz CT molecular complexity index is 474. The van der Waals surface area contributed by atoms with Crippen LogP contribution in [-0.4, -0.2) is 38.3 Å². The number of halogens is 3. The van der Waals surface area contributed by atoms with Gasteiger partial charge in [-0.3, -0.25) is 4.79 Å². The van der Waals surface area contributed by atoms with Crippen molar-refractivity contribution in [1.82, 2.24) is 5.32 Å². The topological polar surface area (TPSA) is 47.6 Å². The molecule has 1 aliphatic heterocycles. The highest BCUT2D eigenvalue weighted by Crippen LogP contribution is 2.30. The summed E-state index contributed by atoms with van der Waals surface area (Å²) in [5, 5.41) is 2.06. The summed E-state index contributed by atoms with van der Waals surface area (Å²) in [6, 6.07) is 4.56. The molecule has 1 aromatic carbocycles. The van der Waals surface area contributed by atoms with Crippen LogP contribution in [0.2, 0.25) is 0 Å². The number of nitrogens with one attached hydrogen (secondary N) is 1. The van der Waals surface area contributed by atoms with Crippen molar-refractivity contribution in [1.29, 1.82) is 0 Å². The molecule has 0 bridgehead atoms. The molecule has 0 saturated heterocycles. The molecule has 1 aromatic rings. The molecule has 0 aliphatic carbocycles. The number of carbonyl (C=O) groups is 1. The first-order chi connectivity index (χ1) is 8.96. The Morgan fingerprint density at radius 2 is 1.89 bits per heavy atom. The minimum absolute atomic E-state index is 0.291.